The lowest BCUT2D eigenvalue weighted by Crippen LogP contribution is -2.17. The summed E-state index contributed by atoms with van der Waals surface area (Å²) in [7, 11) is 0. The molecule has 0 aliphatic carbocycles. The SMILES string of the molecule is CC(C)(C)c1ccc(C(=O)Nc2ccc(N3CCCC3)cc2)cc1. The van der Waals surface area contributed by atoms with Gasteiger partial charge in [-0.15, -0.1) is 0 Å². The van der Waals surface area contributed by atoms with Crippen molar-refractivity contribution in [2.75, 3.05) is 23.3 Å². The Morgan fingerprint density at radius 1 is 0.917 bits per heavy atom. The summed E-state index contributed by atoms with van der Waals surface area (Å²) >= 11 is 0. The number of benzene rings is 2. The predicted octanol–water partition coefficient (Wildman–Crippen LogP) is 4.84. The molecule has 1 fully saturated rings. The normalized spacial score (nSPS) is 14.7. The molecule has 1 amide bonds. The van der Waals surface area contributed by atoms with Crippen LogP contribution in [0.1, 0.15) is 49.5 Å². The minimum Gasteiger partial charge on any atom is -0.372 e. The van der Waals surface area contributed by atoms with E-state index in [-0.39, 0.29) is 11.3 Å². The molecule has 0 unspecified atom stereocenters. The van der Waals surface area contributed by atoms with Gasteiger partial charge in [0.25, 0.3) is 5.91 Å². The highest BCUT2D eigenvalue weighted by Crippen LogP contribution is 2.24. The van der Waals surface area contributed by atoms with E-state index in [0.29, 0.717) is 5.56 Å². The number of carbonyl (C=O) groups excluding carboxylic acids is 1. The smallest absolute Gasteiger partial charge is 0.255 e. The number of hydrogen-bond donors (Lipinski definition) is 1. The number of carbonyl (C=O) groups is 1. The van der Waals surface area contributed by atoms with E-state index in [4.69, 9.17) is 0 Å². The molecule has 3 rings (SSSR count). The average molecular weight is 322 g/mol. The van der Waals surface area contributed by atoms with Gasteiger partial charge in [-0.25, -0.2) is 0 Å². The van der Waals surface area contributed by atoms with Gasteiger partial charge >= 0.3 is 0 Å². The van der Waals surface area contributed by atoms with Gasteiger partial charge in [0.2, 0.25) is 0 Å². The molecule has 3 nitrogen and oxygen atoms in total. The van der Waals surface area contributed by atoms with Crippen LogP contribution in [0.4, 0.5) is 11.4 Å². The second-order valence-electron chi connectivity index (χ2n) is 7.52. The highest BCUT2D eigenvalue weighted by molar-refractivity contribution is 6.04. The average Bonchev–Trinajstić information content (AvgIpc) is 3.09. The zero-order valence-electron chi connectivity index (χ0n) is 14.8. The number of nitrogens with one attached hydrogen (secondary N) is 1. The maximum Gasteiger partial charge on any atom is 0.255 e. The van der Waals surface area contributed by atoms with Crippen LogP contribution in [-0.2, 0) is 5.41 Å². The van der Waals surface area contributed by atoms with Crippen molar-refractivity contribution < 1.29 is 4.79 Å². The largest absolute Gasteiger partial charge is 0.372 e. The zero-order valence-corrected chi connectivity index (χ0v) is 14.8. The third-order valence-electron chi connectivity index (χ3n) is 4.61. The monoisotopic (exact) mass is 322 g/mol. The summed E-state index contributed by atoms with van der Waals surface area (Å²) in [6, 6.07) is 16.0. The first kappa shape index (κ1) is 16.6. The molecule has 2 aromatic carbocycles. The van der Waals surface area contributed by atoms with E-state index in [9.17, 15) is 4.79 Å². The molecule has 0 radical (unpaired) electrons. The van der Waals surface area contributed by atoms with E-state index >= 15 is 0 Å². The van der Waals surface area contributed by atoms with Crippen molar-refractivity contribution in [2.24, 2.45) is 0 Å². The van der Waals surface area contributed by atoms with Crippen LogP contribution in [0, 0.1) is 0 Å². The van der Waals surface area contributed by atoms with Crippen molar-refractivity contribution in [1.82, 2.24) is 0 Å². The standard InChI is InChI=1S/C21H26N2O/c1-21(2,3)17-8-6-16(7-9-17)20(24)22-18-10-12-19(13-11-18)23-14-4-5-15-23/h6-13H,4-5,14-15H2,1-3H3,(H,22,24). The number of rotatable bonds is 3. The van der Waals surface area contributed by atoms with Gasteiger partial charge in [0.05, 0.1) is 0 Å². The predicted molar refractivity (Wildman–Crippen MR) is 101 cm³/mol. The molecule has 24 heavy (non-hydrogen) atoms. The maximum atomic E-state index is 12.4. The lowest BCUT2D eigenvalue weighted by molar-refractivity contribution is 0.102. The molecule has 0 bridgehead atoms. The van der Waals surface area contributed by atoms with Crippen LogP contribution in [0.15, 0.2) is 48.5 Å². The van der Waals surface area contributed by atoms with Crippen molar-refractivity contribution in [3.63, 3.8) is 0 Å². The van der Waals surface area contributed by atoms with Gasteiger partial charge in [-0.1, -0.05) is 32.9 Å². The molecule has 0 atom stereocenters. The van der Waals surface area contributed by atoms with Crippen molar-refractivity contribution in [3.8, 4) is 0 Å². The fraction of sp³-hybridized carbons (Fsp3) is 0.381. The highest BCUT2D eigenvalue weighted by atomic mass is 16.1. The summed E-state index contributed by atoms with van der Waals surface area (Å²) in [6.07, 6.45) is 2.53. The second kappa shape index (κ2) is 6.68. The Kier molecular flexibility index (Phi) is 4.61. The van der Waals surface area contributed by atoms with E-state index in [2.05, 4.69) is 43.1 Å². The molecule has 1 heterocycles. The van der Waals surface area contributed by atoms with Gasteiger partial charge in [-0.05, 0) is 60.2 Å². The quantitative estimate of drug-likeness (QED) is 0.877. The van der Waals surface area contributed by atoms with Crippen LogP contribution in [-0.4, -0.2) is 19.0 Å². The Morgan fingerprint density at radius 2 is 1.50 bits per heavy atom. The third kappa shape index (κ3) is 3.78. The summed E-state index contributed by atoms with van der Waals surface area (Å²) in [5.74, 6) is -0.0654. The lowest BCUT2D eigenvalue weighted by Gasteiger charge is -2.19. The Balaban J connectivity index is 1.66. The van der Waals surface area contributed by atoms with Crippen LogP contribution in [0.25, 0.3) is 0 Å². The maximum absolute atomic E-state index is 12.4. The van der Waals surface area contributed by atoms with E-state index < -0.39 is 0 Å². The molecule has 1 N–H and O–H groups in total. The molecule has 1 saturated heterocycles. The van der Waals surface area contributed by atoms with Crippen molar-refractivity contribution in [3.05, 3.63) is 59.7 Å². The Hall–Kier alpha value is -2.29. The third-order valence-corrected chi connectivity index (χ3v) is 4.61. The molecule has 1 aliphatic heterocycles. The van der Waals surface area contributed by atoms with Crippen LogP contribution >= 0.6 is 0 Å². The summed E-state index contributed by atoms with van der Waals surface area (Å²) < 4.78 is 0. The van der Waals surface area contributed by atoms with Crippen molar-refractivity contribution >= 4 is 17.3 Å². The summed E-state index contributed by atoms with van der Waals surface area (Å²) in [4.78, 5) is 14.8. The Morgan fingerprint density at radius 3 is 2.04 bits per heavy atom. The molecular weight excluding hydrogens is 296 g/mol. The van der Waals surface area contributed by atoms with E-state index in [1.165, 1.54) is 24.1 Å². The van der Waals surface area contributed by atoms with Gasteiger partial charge in [0.15, 0.2) is 0 Å². The molecule has 0 spiro atoms. The molecule has 0 aromatic heterocycles. The van der Waals surface area contributed by atoms with Gasteiger partial charge in [-0.2, -0.15) is 0 Å². The fourth-order valence-electron chi connectivity index (χ4n) is 3.06. The Labute approximate surface area is 144 Å². The summed E-state index contributed by atoms with van der Waals surface area (Å²) in [5, 5.41) is 2.98. The first-order valence-electron chi connectivity index (χ1n) is 8.70. The number of anilines is 2. The molecule has 2 aromatic rings. The van der Waals surface area contributed by atoms with E-state index in [1.807, 2.05) is 36.4 Å². The highest BCUT2D eigenvalue weighted by Gasteiger charge is 2.15. The summed E-state index contributed by atoms with van der Waals surface area (Å²) in [5.41, 5.74) is 4.09. The fourth-order valence-corrected chi connectivity index (χ4v) is 3.06. The lowest BCUT2D eigenvalue weighted by atomic mass is 9.87. The molecule has 126 valence electrons. The first-order chi connectivity index (χ1) is 11.4. The van der Waals surface area contributed by atoms with Gasteiger partial charge in [0, 0.05) is 30.0 Å². The topological polar surface area (TPSA) is 32.3 Å². The Bertz CT molecular complexity index is 690. The van der Waals surface area contributed by atoms with Crippen LogP contribution < -0.4 is 10.2 Å². The zero-order chi connectivity index (χ0) is 17.2. The summed E-state index contributed by atoms with van der Waals surface area (Å²) in [6.45, 7) is 8.77. The van der Waals surface area contributed by atoms with Crippen molar-refractivity contribution in [2.45, 2.75) is 39.0 Å². The minimum absolute atomic E-state index is 0.0654. The molecule has 1 aliphatic rings. The molecule has 3 heteroatoms. The van der Waals surface area contributed by atoms with Crippen LogP contribution in [0.2, 0.25) is 0 Å². The van der Waals surface area contributed by atoms with Gasteiger partial charge in [0.1, 0.15) is 0 Å². The minimum atomic E-state index is -0.0654. The van der Waals surface area contributed by atoms with Gasteiger partial charge < -0.3 is 10.2 Å². The molecular formula is C21H26N2O. The first-order valence-corrected chi connectivity index (χ1v) is 8.70. The van der Waals surface area contributed by atoms with E-state index in [0.717, 1.165) is 18.8 Å². The second-order valence-corrected chi connectivity index (χ2v) is 7.52. The number of hydrogen-bond acceptors (Lipinski definition) is 2. The van der Waals surface area contributed by atoms with Crippen LogP contribution in [0.5, 0.6) is 0 Å². The van der Waals surface area contributed by atoms with Gasteiger partial charge in [-0.3, -0.25) is 4.79 Å². The van der Waals surface area contributed by atoms with E-state index in [1.54, 1.807) is 0 Å². The number of amides is 1. The van der Waals surface area contributed by atoms with Crippen molar-refractivity contribution in [1.29, 1.82) is 0 Å². The number of nitrogens with zero attached hydrogens (tertiary/aromatic N) is 1. The van der Waals surface area contributed by atoms with Crippen LogP contribution in [0.3, 0.4) is 0 Å². The molecule has 0 saturated carbocycles.